The second-order valence-electron chi connectivity index (χ2n) is 4.13. The SMILES string of the molecule is CC1(C)O[C@H]2O[C@H]([C@H](O)CO)C(=O)[C@H]2O1. The summed E-state index contributed by atoms with van der Waals surface area (Å²) >= 11 is 0. The van der Waals surface area contributed by atoms with E-state index >= 15 is 0 Å². The molecule has 86 valence electrons. The van der Waals surface area contributed by atoms with Gasteiger partial charge in [-0.15, -0.1) is 0 Å². The standard InChI is InChI=1S/C9H14O6/c1-9(2)14-7-5(12)6(4(11)3-10)13-8(7)15-9/h4,6-8,10-11H,3H2,1-2H3/t4-,6-,7-,8-/m1/s1. The highest BCUT2D eigenvalue weighted by molar-refractivity contribution is 5.90. The number of hydrogen-bond acceptors (Lipinski definition) is 6. The van der Waals surface area contributed by atoms with Gasteiger partial charge in [-0.2, -0.15) is 0 Å². The van der Waals surface area contributed by atoms with E-state index in [1.54, 1.807) is 13.8 Å². The Kier molecular flexibility index (Phi) is 2.56. The third kappa shape index (κ3) is 1.79. The van der Waals surface area contributed by atoms with Crippen molar-refractivity contribution in [2.24, 2.45) is 0 Å². The highest BCUT2D eigenvalue weighted by atomic mass is 16.8. The van der Waals surface area contributed by atoms with E-state index in [9.17, 15) is 9.90 Å². The number of hydrogen-bond donors (Lipinski definition) is 2. The molecule has 0 radical (unpaired) electrons. The quantitative estimate of drug-likeness (QED) is 0.604. The Hall–Kier alpha value is -0.530. The molecule has 0 aromatic rings. The van der Waals surface area contributed by atoms with Gasteiger partial charge in [-0.3, -0.25) is 4.79 Å². The van der Waals surface area contributed by atoms with Crippen LogP contribution < -0.4 is 0 Å². The Labute approximate surface area is 86.7 Å². The molecule has 0 spiro atoms. The largest absolute Gasteiger partial charge is 0.394 e. The third-order valence-corrected chi connectivity index (χ3v) is 2.44. The van der Waals surface area contributed by atoms with Gasteiger partial charge in [-0.05, 0) is 13.8 Å². The lowest BCUT2D eigenvalue weighted by Crippen LogP contribution is -2.39. The van der Waals surface area contributed by atoms with Gasteiger partial charge in [-0.1, -0.05) is 0 Å². The molecule has 0 aromatic heterocycles. The van der Waals surface area contributed by atoms with Crippen molar-refractivity contribution in [1.82, 2.24) is 0 Å². The molecule has 2 heterocycles. The number of aliphatic hydroxyl groups is 2. The van der Waals surface area contributed by atoms with E-state index in [0.29, 0.717) is 0 Å². The zero-order valence-electron chi connectivity index (χ0n) is 8.54. The van der Waals surface area contributed by atoms with Crippen LogP contribution in [0.2, 0.25) is 0 Å². The minimum atomic E-state index is -1.22. The van der Waals surface area contributed by atoms with Crippen molar-refractivity contribution in [2.75, 3.05) is 6.61 Å². The smallest absolute Gasteiger partial charge is 0.198 e. The van der Waals surface area contributed by atoms with Gasteiger partial charge in [-0.25, -0.2) is 0 Å². The summed E-state index contributed by atoms with van der Waals surface area (Å²) in [5, 5.41) is 18.0. The summed E-state index contributed by atoms with van der Waals surface area (Å²) < 4.78 is 15.8. The van der Waals surface area contributed by atoms with Gasteiger partial charge in [0.1, 0.15) is 12.2 Å². The number of carbonyl (C=O) groups excluding carboxylic acids is 1. The number of aliphatic hydroxyl groups excluding tert-OH is 2. The summed E-state index contributed by atoms with van der Waals surface area (Å²) in [5.41, 5.74) is 0. The van der Waals surface area contributed by atoms with E-state index in [1.165, 1.54) is 0 Å². The predicted octanol–water partition coefficient (Wildman–Crippen LogP) is -1.21. The maximum Gasteiger partial charge on any atom is 0.198 e. The molecule has 0 aliphatic carbocycles. The van der Waals surface area contributed by atoms with Crippen LogP contribution in [0, 0.1) is 0 Å². The van der Waals surface area contributed by atoms with Gasteiger partial charge in [0.05, 0.1) is 6.61 Å². The van der Waals surface area contributed by atoms with Crippen molar-refractivity contribution in [2.45, 2.75) is 44.2 Å². The average molecular weight is 218 g/mol. The second kappa shape index (κ2) is 3.50. The van der Waals surface area contributed by atoms with Gasteiger partial charge in [0.2, 0.25) is 0 Å². The fourth-order valence-corrected chi connectivity index (χ4v) is 1.77. The summed E-state index contributed by atoms with van der Waals surface area (Å²) in [7, 11) is 0. The molecule has 2 rings (SSSR count). The molecule has 4 atom stereocenters. The number of rotatable bonds is 2. The Bertz CT molecular complexity index is 276. The van der Waals surface area contributed by atoms with Gasteiger partial charge >= 0.3 is 0 Å². The predicted molar refractivity (Wildman–Crippen MR) is 46.8 cm³/mol. The molecular weight excluding hydrogens is 204 g/mol. The van der Waals surface area contributed by atoms with Gasteiger partial charge in [0.15, 0.2) is 24.0 Å². The van der Waals surface area contributed by atoms with Crippen molar-refractivity contribution in [3.05, 3.63) is 0 Å². The van der Waals surface area contributed by atoms with Crippen LogP contribution in [-0.4, -0.2) is 53.0 Å². The normalized spacial score (nSPS) is 40.5. The zero-order chi connectivity index (χ0) is 11.2. The molecule has 0 saturated carbocycles. The van der Waals surface area contributed by atoms with E-state index in [-0.39, 0.29) is 5.78 Å². The van der Waals surface area contributed by atoms with Crippen molar-refractivity contribution >= 4 is 5.78 Å². The minimum absolute atomic E-state index is 0.382. The molecular formula is C9H14O6. The topological polar surface area (TPSA) is 85.2 Å². The van der Waals surface area contributed by atoms with Gasteiger partial charge in [0.25, 0.3) is 0 Å². The molecule has 2 aliphatic rings. The van der Waals surface area contributed by atoms with Crippen molar-refractivity contribution in [3.8, 4) is 0 Å². The molecule has 0 amide bonds. The van der Waals surface area contributed by atoms with Crippen LogP contribution in [0.3, 0.4) is 0 Å². The Morgan fingerprint density at radius 2 is 2.13 bits per heavy atom. The van der Waals surface area contributed by atoms with Crippen LogP contribution in [0.5, 0.6) is 0 Å². The maximum atomic E-state index is 11.7. The maximum absolute atomic E-state index is 11.7. The van der Waals surface area contributed by atoms with E-state index in [0.717, 1.165) is 0 Å². The van der Waals surface area contributed by atoms with E-state index < -0.39 is 37.0 Å². The third-order valence-electron chi connectivity index (χ3n) is 2.44. The van der Waals surface area contributed by atoms with Crippen LogP contribution in [0.25, 0.3) is 0 Å². The molecule has 2 fully saturated rings. The lowest BCUT2D eigenvalue weighted by molar-refractivity contribution is -0.214. The molecule has 2 N–H and O–H groups in total. The Balaban J connectivity index is 2.08. The fraction of sp³-hybridized carbons (Fsp3) is 0.889. The number of ether oxygens (including phenoxy) is 3. The van der Waals surface area contributed by atoms with Gasteiger partial charge < -0.3 is 24.4 Å². The summed E-state index contributed by atoms with van der Waals surface area (Å²) in [5.74, 6) is -1.23. The van der Waals surface area contributed by atoms with Crippen LogP contribution >= 0.6 is 0 Å². The van der Waals surface area contributed by atoms with Gasteiger partial charge in [0, 0.05) is 0 Å². The van der Waals surface area contributed by atoms with E-state index in [4.69, 9.17) is 19.3 Å². The molecule has 6 nitrogen and oxygen atoms in total. The molecule has 0 bridgehead atoms. The first-order valence-corrected chi connectivity index (χ1v) is 4.78. The lowest BCUT2D eigenvalue weighted by atomic mass is 10.1. The second-order valence-corrected chi connectivity index (χ2v) is 4.13. The average Bonchev–Trinajstić information content (AvgIpc) is 2.60. The first-order chi connectivity index (χ1) is 6.94. The number of fused-ring (bicyclic) bond motifs is 1. The van der Waals surface area contributed by atoms with E-state index in [2.05, 4.69) is 0 Å². The molecule has 0 unspecified atom stereocenters. The Morgan fingerprint density at radius 3 is 2.67 bits per heavy atom. The van der Waals surface area contributed by atoms with E-state index in [1.807, 2.05) is 0 Å². The highest BCUT2D eigenvalue weighted by Crippen LogP contribution is 2.35. The van der Waals surface area contributed by atoms with Crippen LogP contribution in [-0.2, 0) is 19.0 Å². The number of ketones is 1. The lowest BCUT2D eigenvalue weighted by Gasteiger charge is -2.21. The minimum Gasteiger partial charge on any atom is -0.394 e. The monoisotopic (exact) mass is 218 g/mol. The first-order valence-electron chi connectivity index (χ1n) is 4.78. The summed E-state index contributed by atoms with van der Waals surface area (Å²) in [6.07, 6.45) is -3.86. The van der Waals surface area contributed by atoms with Crippen molar-refractivity contribution in [1.29, 1.82) is 0 Å². The molecule has 0 aromatic carbocycles. The molecule has 6 heteroatoms. The number of Topliss-reactive ketones (excluding diaryl/α,β-unsaturated/α-hetero) is 1. The zero-order valence-corrected chi connectivity index (χ0v) is 8.54. The molecule has 15 heavy (non-hydrogen) atoms. The van der Waals surface area contributed by atoms with Crippen molar-refractivity contribution < 1.29 is 29.2 Å². The summed E-state index contributed by atoms with van der Waals surface area (Å²) in [6.45, 7) is 2.83. The fourth-order valence-electron chi connectivity index (χ4n) is 1.77. The first kappa shape index (κ1) is 11.0. The van der Waals surface area contributed by atoms with Crippen LogP contribution in [0.4, 0.5) is 0 Å². The summed E-state index contributed by atoms with van der Waals surface area (Å²) in [6, 6.07) is 0. The summed E-state index contributed by atoms with van der Waals surface area (Å²) in [4.78, 5) is 11.7. The highest BCUT2D eigenvalue weighted by Gasteiger charge is 2.55. The van der Waals surface area contributed by atoms with Crippen molar-refractivity contribution in [3.63, 3.8) is 0 Å². The Morgan fingerprint density at radius 1 is 1.47 bits per heavy atom. The van der Waals surface area contributed by atoms with Crippen LogP contribution in [0.1, 0.15) is 13.8 Å². The molecule has 2 aliphatic heterocycles. The molecule has 2 saturated heterocycles. The number of carbonyl (C=O) groups is 1. The van der Waals surface area contributed by atoms with Crippen LogP contribution in [0.15, 0.2) is 0 Å².